The highest BCUT2D eigenvalue weighted by Gasteiger charge is 2.06. The topological polar surface area (TPSA) is 33.0 Å². The van der Waals surface area contributed by atoms with E-state index in [1.165, 1.54) is 0 Å². The zero-order valence-electron chi connectivity index (χ0n) is 9.68. The molecule has 2 rings (SSSR count). The van der Waals surface area contributed by atoms with E-state index in [1.54, 1.807) is 7.11 Å². The molecule has 0 aliphatic heterocycles. The van der Waals surface area contributed by atoms with Crippen molar-refractivity contribution >= 4 is 0 Å². The fourth-order valence-corrected chi connectivity index (χ4v) is 1.79. The van der Waals surface area contributed by atoms with E-state index in [2.05, 4.69) is 6.07 Å². The Morgan fingerprint density at radius 2 is 1.88 bits per heavy atom. The van der Waals surface area contributed by atoms with Crippen molar-refractivity contribution < 1.29 is 4.74 Å². The summed E-state index contributed by atoms with van der Waals surface area (Å²) in [4.78, 5) is 0. The second-order valence-corrected chi connectivity index (χ2v) is 3.74. The van der Waals surface area contributed by atoms with E-state index in [1.807, 2.05) is 48.5 Å². The Morgan fingerprint density at radius 3 is 2.53 bits per heavy atom. The van der Waals surface area contributed by atoms with Crippen LogP contribution in [-0.2, 0) is 6.42 Å². The summed E-state index contributed by atoms with van der Waals surface area (Å²) < 4.78 is 5.38. The van der Waals surface area contributed by atoms with E-state index >= 15 is 0 Å². The lowest BCUT2D eigenvalue weighted by Gasteiger charge is -2.09. The Bertz CT molecular complexity index is 541. The molecule has 0 heterocycles. The van der Waals surface area contributed by atoms with Gasteiger partial charge in [-0.3, -0.25) is 0 Å². The van der Waals surface area contributed by atoms with E-state index in [0.29, 0.717) is 6.42 Å². The van der Waals surface area contributed by atoms with Crippen LogP contribution in [0, 0.1) is 11.3 Å². The Kier molecular flexibility index (Phi) is 3.42. The molecule has 84 valence electrons. The van der Waals surface area contributed by atoms with Gasteiger partial charge in [-0.25, -0.2) is 0 Å². The average Bonchev–Trinajstić information content (AvgIpc) is 2.40. The largest absolute Gasteiger partial charge is 0.496 e. The summed E-state index contributed by atoms with van der Waals surface area (Å²) in [5, 5.41) is 8.68. The van der Waals surface area contributed by atoms with Gasteiger partial charge in [0.1, 0.15) is 5.75 Å². The van der Waals surface area contributed by atoms with Gasteiger partial charge in [0.05, 0.1) is 19.6 Å². The second-order valence-electron chi connectivity index (χ2n) is 3.74. The number of ether oxygens (including phenoxy) is 1. The van der Waals surface area contributed by atoms with Crippen LogP contribution in [-0.4, -0.2) is 7.11 Å². The predicted molar refractivity (Wildman–Crippen MR) is 67.7 cm³/mol. The van der Waals surface area contributed by atoms with Gasteiger partial charge in [-0.1, -0.05) is 42.5 Å². The lowest BCUT2D eigenvalue weighted by molar-refractivity contribution is 0.416. The number of benzene rings is 2. The molecule has 0 unspecified atom stereocenters. The van der Waals surface area contributed by atoms with Crippen molar-refractivity contribution in [2.75, 3.05) is 7.11 Å². The summed E-state index contributed by atoms with van der Waals surface area (Å²) in [7, 11) is 1.65. The van der Waals surface area contributed by atoms with Crippen LogP contribution in [0.15, 0.2) is 48.5 Å². The van der Waals surface area contributed by atoms with Crippen molar-refractivity contribution in [1.29, 1.82) is 5.26 Å². The lowest BCUT2D eigenvalue weighted by Crippen LogP contribution is -1.90. The van der Waals surface area contributed by atoms with E-state index in [0.717, 1.165) is 22.4 Å². The van der Waals surface area contributed by atoms with Gasteiger partial charge in [0.25, 0.3) is 0 Å². The van der Waals surface area contributed by atoms with Gasteiger partial charge in [-0.05, 0) is 17.2 Å². The minimum Gasteiger partial charge on any atom is -0.496 e. The number of nitriles is 1. The zero-order chi connectivity index (χ0) is 12.1. The van der Waals surface area contributed by atoms with Crippen LogP contribution < -0.4 is 4.74 Å². The minimum atomic E-state index is 0.408. The maximum absolute atomic E-state index is 8.68. The Labute approximate surface area is 101 Å². The van der Waals surface area contributed by atoms with Gasteiger partial charge in [-0.15, -0.1) is 0 Å². The summed E-state index contributed by atoms with van der Waals surface area (Å²) in [5.74, 6) is 0.809. The molecule has 0 aliphatic carbocycles. The van der Waals surface area contributed by atoms with Crippen LogP contribution in [0.25, 0.3) is 11.1 Å². The number of hydrogen-bond donors (Lipinski definition) is 0. The molecular weight excluding hydrogens is 210 g/mol. The molecule has 0 aromatic heterocycles. The highest BCUT2D eigenvalue weighted by atomic mass is 16.5. The maximum atomic E-state index is 8.68. The Balaban J connectivity index is 2.45. The SMILES string of the molecule is COc1cc(CC#N)ccc1-c1ccccc1. The molecule has 2 aromatic rings. The summed E-state index contributed by atoms with van der Waals surface area (Å²) in [6.45, 7) is 0. The molecule has 0 bridgehead atoms. The fraction of sp³-hybridized carbons (Fsp3) is 0.133. The van der Waals surface area contributed by atoms with Crippen molar-refractivity contribution in [3.63, 3.8) is 0 Å². The Morgan fingerprint density at radius 1 is 1.12 bits per heavy atom. The van der Waals surface area contributed by atoms with Gasteiger partial charge >= 0.3 is 0 Å². The fourth-order valence-electron chi connectivity index (χ4n) is 1.79. The normalized spacial score (nSPS) is 9.65. The number of rotatable bonds is 3. The number of hydrogen-bond acceptors (Lipinski definition) is 2. The van der Waals surface area contributed by atoms with Crippen molar-refractivity contribution in [2.24, 2.45) is 0 Å². The number of nitrogens with zero attached hydrogens (tertiary/aromatic N) is 1. The van der Waals surface area contributed by atoms with Crippen LogP contribution in [0.2, 0.25) is 0 Å². The van der Waals surface area contributed by atoms with Crippen LogP contribution in [0.4, 0.5) is 0 Å². The summed E-state index contributed by atoms with van der Waals surface area (Å²) in [6.07, 6.45) is 0.408. The van der Waals surface area contributed by atoms with Crippen LogP contribution in [0.3, 0.4) is 0 Å². The molecule has 0 saturated carbocycles. The maximum Gasteiger partial charge on any atom is 0.126 e. The molecule has 17 heavy (non-hydrogen) atoms. The third-order valence-electron chi connectivity index (χ3n) is 2.63. The standard InChI is InChI=1S/C15H13NO/c1-17-15-11-12(9-10-16)7-8-14(15)13-5-3-2-4-6-13/h2-8,11H,9H2,1H3. The molecule has 2 heteroatoms. The summed E-state index contributed by atoms with van der Waals surface area (Å²) in [5.41, 5.74) is 3.15. The van der Waals surface area contributed by atoms with Crippen molar-refractivity contribution in [1.82, 2.24) is 0 Å². The van der Waals surface area contributed by atoms with Gasteiger partial charge in [0, 0.05) is 5.56 Å². The van der Waals surface area contributed by atoms with Crippen LogP contribution >= 0.6 is 0 Å². The number of methoxy groups -OCH3 is 1. The Hall–Kier alpha value is -2.27. The quantitative estimate of drug-likeness (QED) is 0.798. The van der Waals surface area contributed by atoms with Gasteiger partial charge in [0.2, 0.25) is 0 Å². The smallest absolute Gasteiger partial charge is 0.126 e. The highest BCUT2D eigenvalue weighted by molar-refractivity contribution is 5.70. The molecular formula is C15H13NO. The van der Waals surface area contributed by atoms with E-state index < -0.39 is 0 Å². The van der Waals surface area contributed by atoms with E-state index in [-0.39, 0.29) is 0 Å². The highest BCUT2D eigenvalue weighted by Crippen LogP contribution is 2.30. The molecule has 0 amide bonds. The monoisotopic (exact) mass is 223 g/mol. The first-order chi connectivity index (χ1) is 8.35. The van der Waals surface area contributed by atoms with Crippen molar-refractivity contribution in [2.45, 2.75) is 6.42 Å². The van der Waals surface area contributed by atoms with Gasteiger partial charge in [-0.2, -0.15) is 5.26 Å². The van der Waals surface area contributed by atoms with Crippen LogP contribution in [0.5, 0.6) is 5.75 Å². The first-order valence-electron chi connectivity index (χ1n) is 5.44. The molecule has 0 radical (unpaired) electrons. The van der Waals surface area contributed by atoms with Gasteiger partial charge in [0.15, 0.2) is 0 Å². The van der Waals surface area contributed by atoms with Gasteiger partial charge < -0.3 is 4.74 Å². The zero-order valence-corrected chi connectivity index (χ0v) is 9.68. The third kappa shape index (κ3) is 2.46. The average molecular weight is 223 g/mol. The predicted octanol–water partition coefficient (Wildman–Crippen LogP) is 3.43. The molecule has 0 spiro atoms. The second kappa shape index (κ2) is 5.18. The van der Waals surface area contributed by atoms with E-state index in [9.17, 15) is 0 Å². The molecule has 2 nitrogen and oxygen atoms in total. The third-order valence-corrected chi connectivity index (χ3v) is 2.63. The van der Waals surface area contributed by atoms with Crippen LogP contribution in [0.1, 0.15) is 5.56 Å². The summed E-state index contributed by atoms with van der Waals surface area (Å²) in [6, 6.07) is 18.1. The van der Waals surface area contributed by atoms with Crippen molar-refractivity contribution in [3.05, 3.63) is 54.1 Å². The van der Waals surface area contributed by atoms with E-state index in [4.69, 9.17) is 10.00 Å². The first-order valence-corrected chi connectivity index (χ1v) is 5.44. The molecule has 0 saturated heterocycles. The molecule has 0 fully saturated rings. The first kappa shape index (κ1) is 11.2. The molecule has 0 atom stereocenters. The molecule has 0 aliphatic rings. The minimum absolute atomic E-state index is 0.408. The summed E-state index contributed by atoms with van der Waals surface area (Å²) >= 11 is 0. The molecule has 0 N–H and O–H groups in total. The lowest BCUT2D eigenvalue weighted by atomic mass is 10.0. The molecule has 2 aromatic carbocycles. The van der Waals surface area contributed by atoms with Crippen molar-refractivity contribution in [3.8, 4) is 22.9 Å².